The molecule has 0 aliphatic rings. The Morgan fingerprint density at radius 3 is 2.08 bits per heavy atom. The van der Waals surface area contributed by atoms with E-state index in [4.69, 9.17) is 4.74 Å². The molecule has 0 spiro atoms. The fourth-order valence-electron chi connectivity index (χ4n) is 1.86. The molecule has 0 saturated heterocycles. The second-order valence-corrected chi connectivity index (χ2v) is 6.58. The van der Waals surface area contributed by atoms with Gasteiger partial charge in [-0.25, -0.2) is 4.79 Å². The van der Waals surface area contributed by atoms with Crippen LogP contribution in [0.2, 0.25) is 0 Å². The Bertz CT molecular complexity index is 591. The number of carbonyl (C=O) groups is 3. The van der Waals surface area contributed by atoms with Crippen LogP contribution in [0.5, 0.6) is 0 Å². The molecule has 0 aromatic heterocycles. The van der Waals surface area contributed by atoms with Crippen molar-refractivity contribution in [2.75, 3.05) is 23.8 Å². The zero-order chi connectivity index (χ0) is 18.9. The molecule has 1 aromatic rings. The first-order chi connectivity index (χ1) is 11.7. The molecule has 138 valence electrons. The fraction of sp³-hybridized carbons (Fsp3) is 0.500. The van der Waals surface area contributed by atoms with Crippen LogP contribution in [0.15, 0.2) is 24.3 Å². The second kappa shape index (κ2) is 9.66. The first-order valence-electron chi connectivity index (χ1n) is 8.34. The maximum Gasteiger partial charge on any atom is 0.411 e. The third-order valence-corrected chi connectivity index (χ3v) is 3.24. The topological polar surface area (TPSA) is 96.5 Å². The molecule has 0 bridgehead atoms. The van der Waals surface area contributed by atoms with E-state index in [0.29, 0.717) is 37.4 Å². The van der Waals surface area contributed by atoms with Crippen molar-refractivity contribution in [1.29, 1.82) is 0 Å². The quantitative estimate of drug-likeness (QED) is 0.659. The molecular formula is C18H27N3O4. The molecule has 1 aromatic carbocycles. The number of carbonyl (C=O) groups excluding carboxylic acids is 3. The summed E-state index contributed by atoms with van der Waals surface area (Å²) in [7, 11) is 0. The summed E-state index contributed by atoms with van der Waals surface area (Å²) in [6, 6.07) is 6.74. The Balaban J connectivity index is 2.33. The lowest BCUT2D eigenvalue weighted by Crippen LogP contribution is -2.35. The average Bonchev–Trinajstić information content (AvgIpc) is 2.52. The van der Waals surface area contributed by atoms with Crippen molar-refractivity contribution >= 4 is 29.3 Å². The van der Waals surface area contributed by atoms with Crippen LogP contribution in [-0.4, -0.2) is 31.1 Å². The Hall–Kier alpha value is -2.57. The van der Waals surface area contributed by atoms with Gasteiger partial charge in [0.05, 0.1) is 6.61 Å². The summed E-state index contributed by atoms with van der Waals surface area (Å²) < 4.78 is 4.78. The molecule has 0 saturated carbocycles. The van der Waals surface area contributed by atoms with Gasteiger partial charge < -0.3 is 15.4 Å². The standard InChI is InChI=1S/C18H27N3O4/c1-5-25-17(24)21-14-10-8-13(9-11-14)20-15(22)7-6-12-19-16(23)18(2,3)4/h8-11H,5-7,12H2,1-4H3,(H,19,23)(H,20,22)(H,21,24). The SMILES string of the molecule is CCOC(=O)Nc1ccc(NC(=O)CCCNC(=O)C(C)(C)C)cc1. The summed E-state index contributed by atoms with van der Waals surface area (Å²) in [5.74, 6) is -0.159. The van der Waals surface area contributed by atoms with Gasteiger partial charge in [0.2, 0.25) is 11.8 Å². The molecule has 0 aliphatic heterocycles. The highest BCUT2D eigenvalue weighted by molar-refractivity contribution is 5.91. The van der Waals surface area contributed by atoms with Crippen LogP contribution in [0.4, 0.5) is 16.2 Å². The summed E-state index contributed by atoms with van der Waals surface area (Å²) in [6.45, 7) is 8.02. The summed E-state index contributed by atoms with van der Waals surface area (Å²) >= 11 is 0. The van der Waals surface area contributed by atoms with E-state index in [1.54, 1.807) is 31.2 Å². The average molecular weight is 349 g/mol. The zero-order valence-corrected chi connectivity index (χ0v) is 15.3. The predicted octanol–water partition coefficient (Wildman–Crippen LogP) is 3.14. The van der Waals surface area contributed by atoms with Crippen LogP contribution in [0, 0.1) is 5.41 Å². The molecule has 3 amide bonds. The summed E-state index contributed by atoms with van der Waals surface area (Å²) in [4.78, 5) is 34.9. The van der Waals surface area contributed by atoms with E-state index in [-0.39, 0.29) is 11.8 Å². The van der Waals surface area contributed by atoms with Gasteiger partial charge in [-0.05, 0) is 37.6 Å². The molecule has 0 unspecified atom stereocenters. The first kappa shape index (κ1) is 20.5. The van der Waals surface area contributed by atoms with Crippen molar-refractivity contribution in [3.8, 4) is 0 Å². The lowest BCUT2D eigenvalue weighted by atomic mass is 9.96. The molecule has 0 radical (unpaired) electrons. The van der Waals surface area contributed by atoms with Gasteiger partial charge in [0.15, 0.2) is 0 Å². The normalized spacial score (nSPS) is 10.7. The monoisotopic (exact) mass is 349 g/mol. The van der Waals surface area contributed by atoms with Gasteiger partial charge >= 0.3 is 6.09 Å². The number of ether oxygens (including phenoxy) is 1. The highest BCUT2D eigenvalue weighted by Crippen LogP contribution is 2.14. The lowest BCUT2D eigenvalue weighted by molar-refractivity contribution is -0.128. The van der Waals surface area contributed by atoms with Crippen molar-refractivity contribution in [3.63, 3.8) is 0 Å². The Kier molecular flexibility index (Phi) is 7.91. The van der Waals surface area contributed by atoms with E-state index in [2.05, 4.69) is 16.0 Å². The minimum absolute atomic E-state index is 0.0300. The van der Waals surface area contributed by atoms with E-state index in [9.17, 15) is 14.4 Å². The third-order valence-electron chi connectivity index (χ3n) is 3.24. The number of benzene rings is 1. The van der Waals surface area contributed by atoms with Crippen LogP contribution in [0.1, 0.15) is 40.5 Å². The van der Waals surface area contributed by atoms with Crippen molar-refractivity contribution < 1.29 is 19.1 Å². The van der Waals surface area contributed by atoms with Gasteiger partial charge in [-0.15, -0.1) is 0 Å². The maximum absolute atomic E-state index is 11.9. The van der Waals surface area contributed by atoms with Crippen molar-refractivity contribution in [2.24, 2.45) is 5.41 Å². The fourth-order valence-corrected chi connectivity index (χ4v) is 1.86. The predicted molar refractivity (Wildman–Crippen MR) is 97.4 cm³/mol. The van der Waals surface area contributed by atoms with Gasteiger partial charge in [0.25, 0.3) is 0 Å². The minimum Gasteiger partial charge on any atom is -0.450 e. The van der Waals surface area contributed by atoms with Crippen LogP contribution in [0.3, 0.4) is 0 Å². The van der Waals surface area contributed by atoms with E-state index < -0.39 is 11.5 Å². The Labute approximate surface area is 148 Å². The smallest absolute Gasteiger partial charge is 0.411 e. The minimum atomic E-state index is -0.517. The summed E-state index contributed by atoms with van der Waals surface area (Å²) in [6.07, 6.45) is 0.361. The number of hydrogen-bond donors (Lipinski definition) is 3. The molecule has 0 fully saturated rings. The molecule has 1 rings (SSSR count). The number of nitrogens with one attached hydrogen (secondary N) is 3. The molecular weight excluding hydrogens is 322 g/mol. The summed E-state index contributed by atoms with van der Waals surface area (Å²) in [5.41, 5.74) is 0.793. The molecule has 0 atom stereocenters. The Morgan fingerprint density at radius 1 is 1.00 bits per heavy atom. The third kappa shape index (κ3) is 8.19. The van der Waals surface area contributed by atoms with Gasteiger partial charge in [-0.2, -0.15) is 0 Å². The van der Waals surface area contributed by atoms with E-state index in [1.165, 1.54) is 0 Å². The second-order valence-electron chi connectivity index (χ2n) is 6.58. The molecule has 7 heteroatoms. The Morgan fingerprint density at radius 2 is 1.56 bits per heavy atom. The van der Waals surface area contributed by atoms with Crippen LogP contribution in [-0.2, 0) is 14.3 Å². The van der Waals surface area contributed by atoms with Gasteiger partial charge in [0.1, 0.15) is 0 Å². The van der Waals surface area contributed by atoms with E-state index >= 15 is 0 Å². The number of hydrogen-bond acceptors (Lipinski definition) is 4. The number of anilines is 2. The van der Waals surface area contributed by atoms with E-state index in [1.807, 2.05) is 20.8 Å². The molecule has 7 nitrogen and oxygen atoms in total. The highest BCUT2D eigenvalue weighted by atomic mass is 16.5. The highest BCUT2D eigenvalue weighted by Gasteiger charge is 2.20. The molecule has 0 aliphatic carbocycles. The van der Waals surface area contributed by atoms with Gasteiger partial charge in [-0.1, -0.05) is 20.8 Å². The van der Waals surface area contributed by atoms with Crippen molar-refractivity contribution in [3.05, 3.63) is 24.3 Å². The largest absolute Gasteiger partial charge is 0.450 e. The number of rotatable bonds is 7. The van der Waals surface area contributed by atoms with E-state index in [0.717, 1.165) is 0 Å². The molecule has 25 heavy (non-hydrogen) atoms. The molecule has 0 heterocycles. The molecule has 3 N–H and O–H groups in total. The van der Waals surface area contributed by atoms with Crippen LogP contribution >= 0.6 is 0 Å². The van der Waals surface area contributed by atoms with Crippen molar-refractivity contribution in [2.45, 2.75) is 40.5 Å². The summed E-state index contributed by atoms with van der Waals surface area (Å²) in [5, 5.41) is 8.15. The maximum atomic E-state index is 11.9. The van der Waals surface area contributed by atoms with Crippen LogP contribution in [0.25, 0.3) is 0 Å². The van der Waals surface area contributed by atoms with Crippen LogP contribution < -0.4 is 16.0 Å². The first-order valence-corrected chi connectivity index (χ1v) is 8.34. The zero-order valence-electron chi connectivity index (χ0n) is 15.3. The van der Waals surface area contributed by atoms with Gasteiger partial charge in [-0.3, -0.25) is 14.9 Å². The van der Waals surface area contributed by atoms with Gasteiger partial charge in [0, 0.05) is 29.8 Å². The number of amides is 3. The van der Waals surface area contributed by atoms with Crippen molar-refractivity contribution in [1.82, 2.24) is 5.32 Å². The lowest BCUT2D eigenvalue weighted by Gasteiger charge is -2.17.